The van der Waals surface area contributed by atoms with Crippen molar-refractivity contribution in [2.75, 3.05) is 11.1 Å². The number of nitrogens with one attached hydrogen (secondary N) is 1. The van der Waals surface area contributed by atoms with Crippen molar-refractivity contribution in [1.82, 2.24) is 4.98 Å². The number of rotatable bonds is 3. The maximum absolute atomic E-state index is 12.4. The maximum atomic E-state index is 12.4. The molecule has 0 radical (unpaired) electrons. The zero-order chi connectivity index (χ0) is 13.3. The average molecular weight is 253 g/mol. The highest BCUT2D eigenvalue weighted by Gasteiger charge is 2.51. The summed E-state index contributed by atoms with van der Waals surface area (Å²) in [6.45, 7) is 0. The van der Waals surface area contributed by atoms with Crippen molar-refractivity contribution >= 4 is 17.3 Å². The van der Waals surface area contributed by atoms with E-state index in [1.807, 2.05) is 30.3 Å². The minimum Gasteiger partial charge on any atom is -0.399 e. The van der Waals surface area contributed by atoms with E-state index in [-0.39, 0.29) is 11.3 Å². The number of anilines is 2. The smallest absolute Gasteiger partial charge is 0.235 e. The summed E-state index contributed by atoms with van der Waals surface area (Å²) in [5, 5.41) is 2.93. The van der Waals surface area contributed by atoms with Crippen molar-refractivity contribution in [2.45, 2.75) is 18.3 Å². The van der Waals surface area contributed by atoms with Crippen molar-refractivity contribution in [2.24, 2.45) is 0 Å². The van der Waals surface area contributed by atoms with Gasteiger partial charge >= 0.3 is 0 Å². The van der Waals surface area contributed by atoms with Crippen molar-refractivity contribution in [3.05, 3.63) is 54.4 Å². The Hall–Kier alpha value is -2.36. The lowest BCUT2D eigenvalue weighted by atomic mass is 9.94. The van der Waals surface area contributed by atoms with Gasteiger partial charge in [-0.2, -0.15) is 0 Å². The molecule has 4 nitrogen and oxygen atoms in total. The number of carbonyl (C=O) groups excluding carboxylic acids is 1. The number of hydrogen-bond donors (Lipinski definition) is 2. The summed E-state index contributed by atoms with van der Waals surface area (Å²) < 4.78 is 0. The number of amides is 1. The lowest BCUT2D eigenvalue weighted by molar-refractivity contribution is -0.118. The molecule has 19 heavy (non-hydrogen) atoms. The van der Waals surface area contributed by atoms with Crippen LogP contribution in [0.5, 0.6) is 0 Å². The molecule has 1 aliphatic carbocycles. The molecule has 1 fully saturated rings. The Labute approximate surface area is 111 Å². The van der Waals surface area contributed by atoms with Crippen molar-refractivity contribution in [3.8, 4) is 0 Å². The molecule has 0 unspecified atom stereocenters. The van der Waals surface area contributed by atoms with Gasteiger partial charge in [-0.15, -0.1) is 0 Å². The summed E-state index contributed by atoms with van der Waals surface area (Å²) in [5.74, 6) is 0.0327. The number of nitrogen functional groups attached to an aromatic ring is 1. The largest absolute Gasteiger partial charge is 0.399 e. The fraction of sp³-hybridized carbons (Fsp3) is 0.200. The molecule has 1 aliphatic rings. The highest BCUT2D eigenvalue weighted by atomic mass is 16.2. The fourth-order valence-electron chi connectivity index (χ4n) is 2.26. The van der Waals surface area contributed by atoms with Gasteiger partial charge in [0, 0.05) is 11.9 Å². The van der Waals surface area contributed by atoms with Crippen LogP contribution in [0.1, 0.15) is 18.4 Å². The topological polar surface area (TPSA) is 68.0 Å². The Bertz CT molecular complexity index is 589. The SMILES string of the molecule is Nc1ccc(C2(C(=O)Nc3cccnc3)CC2)cc1. The number of carbonyl (C=O) groups is 1. The van der Waals surface area contributed by atoms with Gasteiger partial charge in [0.15, 0.2) is 0 Å². The fourth-order valence-corrected chi connectivity index (χ4v) is 2.26. The van der Waals surface area contributed by atoms with Crippen LogP contribution in [0.3, 0.4) is 0 Å². The quantitative estimate of drug-likeness (QED) is 0.825. The summed E-state index contributed by atoms with van der Waals surface area (Å²) >= 11 is 0. The lowest BCUT2D eigenvalue weighted by Crippen LogP contribution is -2.27. The van der Waals surface area contributed by atoms with Crippen LogP contribution in [0.2, 0.25) is 0 Å². The van der Waals surface area contributed by atoms with Gasteiger partial charge in [0.2, 0.25) is 5.91 Å². The van der Waals surface area contributed by atoms with E-state index < -0.39 is 0 Å². The normalized spacial score (nSPS) is 15.8. The first-order valence-corrected chi connectivity index (χ1v) is 6.28. The summed E-state index contributed by atoms with van der Waals surface area (Å²) in [5.41, 5.74) is 7.77. The van der Waals surface area contributed by atoms with Gasteiger partial charge in [-0.25, -0.2) is 0 Å². The molecule has 1 saturated carbocycles. The van der Waals surface area contributed by atoms with Crippen LogP contribution in [0.25, 0.3) is 0 Å². The Morgan fingerprint density at radius 3 is 2.53 bits per heavy atom. The molecule has 1 heterocycles. The third-order valence-electron chi connectivity index (χ3n) is 3.57. The first kappa shape index (κ1) is 11.7. The minimum absolute atomic E-state index is 0.0327. The van der Waals surface area contributed by atoms with Crippen LogP contribution in [0.15, 0.2) is 48.8 Å². The maximum Gasteiger partial charge on any atom is 0.235 e. The molecule has 2 aromatic rings. The summed E-state index contributed by atoms with van der Waals surface area (Å²) in [6.07, 6.45) is 5.09. The predicted octanol–water partition coefficient (Wildman–Crippen LogP) is 2.33. The van der Waals surface area contributed by atoms with E-state index in [2.05, 4.69) is 10.3 Å². The molecule has 4 heteroatoms. The van der Waals surface area contributed by atoms with Gasteiger partial charge in [0.05, 0.1) is 17.3 Å². The summed E-state index contributed by atoms with van der Waals surface area (Å²) in [4.78, 5) is 16.4. The first-order valence-electron chi connectivity index (χ1n) is 6.28. The molecule has 0 bridgehead atoms. The van der Waals surface area contributed by atoms with E-state index in [1.54, 1.807) is 18.5 Å². The van der Waals surface area contributed by atoms with Gasteiger partial charge < -0.3 is 11.1 Å². The molecule has 96 valence electrons. The molecule has 0 aliphatic heterocycles. The van der Waals surface area contributed by atoms with E-state index in [4.69, 9.17) is 5.73 Å². The summed E-state index contributed by atoms with van der Waals surface area (Å²) in [6, 6.07) is 11.2. The van der Waals surface area contributed by atoms with Crippen LogP contribution in [0.4, 0.5) is 11.4 Å². The third-order valence-corrected chi connectivity index (χ3v) is 3.57. The minimum atomic E-state index is -0.385. The van der Waals surface area contributed by atoms with Crippen LogP contribution < -0.4 is 11.1 Å². The van der Waals surface area contributed by atoms with Crippen LogP contribution >= 0.6 is 0 Å². The number of aromatic nitrogens is 1. The Morgan fingerprint density at radius 2 is 1.95 bits per heavy atom. The monoisotopic (exact) mass is 253 g/mol. The number of hydrogen-bond acceptors (Lipinski definition) is 3. The van der Waals surface area contributed by atoms with Gasteiger partial charge in [-0.3, -0.25) is 9.78 Å². The predicted molar refractivity (Wildman–Crippen MR) is 74.6 cm³/mol. The number of nitrogens with two attached hydrogens (primary N) is 1. The molecule has 3 rings (SSSR count). The Morgan fingerprint density at radius 1 is 1.21 bits per heavy atom. The molecule has 0 atom stereocenters. The molecular weight excluding hydrogens is 238 g/mol. The lowest BCUT2D eigenvalue weighted by Gasteiger charge is -2.15. The second-order valence-electron chi connectivity index (χ2n) is 4.90. The van der Waals surface area contributed by atoms with Crippen molar-refractivity contribution < 1.29 is 4.79 Å². The molecule has 0 spiro atoms. The van der Waals surface area contributed by atoms with Crippen LogP contribution in [0, 0.1) is 0 Å². The molecular formula is C15H15N3O. The highest BCUT2D eigenvalue weighted by Crippen LogP contribution is 2.49. The van der Waals surface area contributed by atoms with E-state index in [0.717, 1.165) is 24.1 Å². The van der Waals surface area contributed by atoms with E-state index in [1.165, 1.54) is 0 Å². The van der Waals surface area contributed by atoms with Gasteiger partial charge in [-0.05, 0) is 42.7 Å². The van der Waals surface area contributed by atoms with Gasteiger partial charge in [-0.1, -0.05) is 12.1 Å². The number of nitrogens with zero attached hydrogens (tertiary/aromatic N) is 1. The third kappa shape index (κ3) is 2.17. The zero-order valence-corrected chi connectivity index (χ0v) is 10.5. The van der Waals surface area contributed by atoms with E-state index in [9.17, 15) is 4.79 Å². The molecule has 1 aromatic heterocycles. The van der Waals surface area contributed by atoms with Crippen LogP contribution in [-0.2, 0) is 10.2 Å². The highest BCUT2D eigenvalue weighted by molar-refractivity contribution is 6.01. The molecule has 3 N–H and O–H groups in total. The summed E-state index contributed by atoms with van der Waals surface area (Å²) in [7, 11) is 0. The van der Waals surface area contributed by atoms with E-state index in [0.29, 0.717) is 5.69 Å². The first-order chi connectivity index (χ1) is 9.21. The Kier molecular flexibility index (Phi) is 2.71. The second-order valence-corrected chi connectivity index (χ2v) is 4.90. The average Bonchev–Trinajstić information content (AvgIpc) is 3.22. The molecule has 1 amide bonds. The van der Waals surface area contributed by atoms with E-state index >= 15 is 0 Å². The van der Waals surface area contributed by atoms with Crippen LogP contribution in [-0.4, -0.2) is 10.9 Å². The molecule has 0 saturated heterocycles. The van der Waals surface area contributed by atoms with Gasteiger partial charge in [0.1, 0.15) is 0 Å². The second kappa shape index (κ2) is 4.39. The standard InChI is InChI=1S/C15H15N3O/c16-12-5-3-11(4-6-12)15(7-8-15)14(19)18-13-2-1-9-17-10-13/h1-6,9-10H,7-8,16H2,(H,18,19). The molecule has 1 aromatic carbocycles. The van der Waals surface area contributed by atoms with Gasteiger partial charge in [0.25, 0.3) is 0 Å². The number of benzene rings is 1. The Balaban J connectivity index is 1.81. The number of pyridine rings is 1. The van der Waals surface area contributed by atoms with Crippen molar-refractivity contribution in [3.63, 3.8) is 0 Å². The van der Waals surface area contributed by atoms with Crippen molar-refractivity contribution in [1.29, 1.82) is 0 Å². The zero-order valence-electron chi connectivity index (χ0n) is 10.5.